The van der Waals surface area contributed by atoms with E-state index in [0.29, 0.717) is 26.2 Å². The van der Waals surface area contributed by atoms with E-state index in [1.165, 1.54) is 83.5 Å². The fourth-order valence-corrected chi connectivity index (χ4v) is 6.37. The monoisotopic (exact) mass is 768 g/mol. The van der Waals surface area contributed by atoms with Crippen molar-refractivity contribution in [1.29, 1.82) is 0 Å². The van der Waals surface area contributed by atoms with Crippen molar-refractivity contribution in [2.24, 2.45) is 0 Å². The number of hydrogen-bond acceptors (Lipinski definition) is 8. The lowest BCUT2D eigenvalue weighted by atomic mass is 10.0. The average Bonchev–Trinajstić information content (AvgIpc) is 3.19. The Hall–Kier alpha value is -3.27. The Labute approximate surface area is 332 Å². The predicted octanol–water partition coefficient (Wildman–Crippen LogP) is 9.87. The van der Waals surface area contributed by atoms with Crippen molar-refractivity contribution in [3.8, 4) is 0 Å². The molecule has 0 heterocycles. The third-order valence-corrected chi connectivity index (χ3v) is 9.57. The first-order chi connectivity index (χ1) is 27.0. The molecule has 0 bridgehead atoms. The molecule has 310 valence electrons. The average molecular weight is 768 g/mol. The molecule has 0 spiro atoms. The second-order valence-electron chi connectivity index (χ2n) is 14.6. The highest BCUT2D eigenvalue weighted by Gasteiger charge is 2.26. The van der Waals surface area contributed by atoms with Crippen LogP contribution in [0, 0.1) is 0 Å². The zero-order valence-corrected chi connectivity index (χ0v) is 34.3. The number of carbonyl (C=O) groups is 3. The summed E-state index contributed by atoms with van der Waals surface area (Å²) in [7, 11) is 0. The number of carbonyl (C=O) groups excluding carboxylic acids is 3. The van der Waals surface area contributed by atoms with Crippen molar-refractivity contribution in [3.63, 3.8) is 0 Å². The van der Waals surface area contributed by atoms with Gasteiger partial charge in [-0.05, 0) is 30.4 Å². The van der Waals surface area contributed by atoms with Crippen LogP contribution in [0.15, 0.2) is 60.7 Å². The first-order valence-electron chi connectivity index (χ1n) is 21.5. The van der Waals surface area contributed by atoms with Crippen molar-refractivity contribution in [2.45, 2.75) is 161 Å². The molecule has 1 N–H and O–H groups in total. The van der Waals surface area contributed by atoms with Crippen molar-refractivity contribution in [1.82, 2.24) is 5.32 Å². The minimum Gasteiger partial charge on any atom is -0.460 e. The summed E-state index contributed by atoms with van der Waals surface area (Å²) in [6.07, 6.45) is 20.9. The minimum absolute atomic E-state index is 0.0528. The highest BCUT2D eigenvalue weighted by atomic mass is 16.6. The van der Waals surface area contributed by atoms with Crippen LogP contribution in [-0.4, -0.2) is 69.6 Å². The molecule has 2 aromatic rings. The Morgan fingerprint density at radius 3 is 1.64 bits per heavy atom. The molecule has 0 radical (unpaired) electrons. The SMILES string of the molecule is CCCCCCCCCCCCCCCC(CC(=O)NC(Cc1ccccc1)C(=O)OCc1ccccc1)OC(=O)COCCOCCOCCCCCC. The van der Waals surface area contributed by atoms with E-state index in [1.54, 1.807) is 0 Å². The van der Waals surface area contributed by atoms with Crippen LogP contribution in [0.1, 0.15) is 147 Å². The first kappa shape index (κ1) is 47.9. The Bertz CT molecular complexity index is 1210. The van der Waals surface area contributed by atoms with Crippen LogP contribution in [0.25, 0.3) is 0 Å². The van der Waals surface area contributed by atoms with Gasteiger partial charge in [0.15, 0.2) is 0 Å². The summed E-state index contributed by atoms with van der Waals surface area (Å²) in [5.41, 5.74) is 1.76. The van der Waals surface area contributed by atoms with Gasteiger partial charge >= 0.3 is 11.9 Å². The highest BCUT2D eigenvalue weighted by Crippen LogP contribution is 2.16. The van der Waals surface area contributed by atoms with Gasteiger partial charge in [-0.1, -0.05) is 171 Å². The lowest BCUT2D eigenvalue weighted by molar-refractivity contribution is -0.157. The summed E-state index contributed by atoms with van der Waals surface area (Å²) in [4.78, 5) is 39.5. The Morgan fingerprint density at radius 1 is 0.564 bits per heavy atom. The molecule has 0 aromatic heterocycles. The Morgan fingerprint density at radius 2 is 1.05 bits per heavy atom. The van der Waals surface area contributed by atoms with E-state index in [4.69, 9.17) is 23.7 Å². The molecule has 2 rings (SSSR count). The Balaban J connectivity index is 1.83. The third-order valence-electron chi connectivity index (χ3n) is 9.57. The standard InChI is InChI=1S/C46H73NO8/c1-3-5-7-9-10-11-12-13-14-15-16-17-24-30-42(55-45(49)39-53-35-34-52-33-32-51-31-25-8-6-4-2)37-44(48)47-43(36-40-26-20-18-21-27-40)46(50)54-38-41-28-22-19-23-29-41/h18-23,26-29,42-43H,3-17,24-25,30-39H2,1-2H3,(H,47,48). The molecule has 0 saturated heterocycles. The van der Waals surface area contributed by atoms with Crippen molar-refractivity contribution in [2.75, 3.05) is 39.6 Å². The zero-order valence-electron chi connectivity index (χ0n) is 34.3. The van der Waals surface area contributed by atoms with E-state index in [9.17, 15) is 14.4 Å². The van der Waals surface area contributed by atoms with Gasteiger partial charge in [0.1, 0.15) is 25.4 Å². The summed E-state index contributed by atoms with van der Waals surface area (Å²) < 4.78 is 28.1. The number of rotatable bonds is 36. The van der Waals surface area contributed by atoms with E-state index >= 15 is 0 Å². The van der Waals surface area contributed by atoms with Crippen LogP contribution in [0.5, 0.6) is 0 Å². The number of esters is 2. The van der Waals surface area contributed by atoms with Crippen LogP contribution in [0.3, 0.4) is 0 Å². The van der Waals surface area contributed by atoms with Crippen LogP contribution in [0.4, 0.5) is 0 Å². The highest BCUT2D eigenvalue weighted by molar-refractivity contribution is 5.85. The summed E-state index contributed by atoms with van der Waals surface area (Å²) in [5, 5.41) is 2.88. The number of benzene rings is 2. The molecule has 0 aliphatic carbocycles. The lowest BCUT2D eigenvalue weighted by Crippen LogP contribution is -2.44. The molecule has 55 heavy (non-hydrogen) atoms. The van der Waals surface area contributed by atoms with Gasteiger partial charge in [-0.15, -0.1) is 0 Å². The molecule has 0 saturated carbocycles. The van der Waals surface area contributed by atoms with Crippen molar-refractivity contribution < 1.29 is 38.1 Å². The number of unbranched alkanes of at least 4 members (excludes halogenated alkanes) is 15. The van der Waals surface area contributed by atoms with Gasteiger partial charge < -0.3 is 29.0 Å². The third kappa shape index (κ3) is 27.1. The number of hydrogen-bond donors (Lipinski definition) is 1. The minimum atomic E-state index is -0.888. The second-order valence-corrected chi connectivity index (χ2v) is 14.6. The molecule has 9 heteroatoms. The molecule has 2 unspecified atom stereocenters. The zero-order chi connectivity index (χ0) is 39.4. The van der Waals surface area contributed by atoms with E-state index in [0.717, 1.165) is 43.4 Å². The topological polar surface area (TPSA) is 109 Å². The summed E-state index contributed by atoms with van der Waals surface area (Å²) in [6, 6.07) is 18.1. The van der Waals surface area contributed by atoms with Crippen LogP contribution >= 0.6 is 0 Å². The largest absolute Gasteiger partial charge is 0.460 e. The maximum atomic E-state index is 13.5. The van der Waals surface area contributed by atoms with Crippen LogP contribution < -0.4 is 5.32 Å². The van der Waals surface area contributed by atoms with E-state index in [1.807, 2.05) is 60.7 Å². The summed E-state index contributed by atoms with van der Waals surface area (Å²) in [6.45, 7) is 6.68. The fraction of sp³-hybridized carbons (Fsp3) is 0.674. The molecule has 2 atom stereocenters. The molecule has 9 nitrogen and oxygen atoms in total. The fourth-order valence-electron chi connectivity index (χ4n) is 6.37. The maximum absolute atomic E-state index is 13.5. The van der Waals surface area contributed by atoms with Gasteiger partial charge in [0, 0.05) is 13.0 Å². The molecular weight excluding hydrogens is 695 g/mol. The first-order valence-corrected chi connectivity index (χ1v) is 21.5. The number of amides is 1. The molecule has 2 aromatic carbocycles. The van der Waals surface area contributed by atoms with Crippen molar-refractivity contribution >= 4 is 17.8 Å². The van der Waals surface area contributed by atoms with Crippen molar-refractivity contribution in [3.05, 3.63) is 71.8 Å². The van der Waals surface area contributed by atoms with Gasteiger partial charge in [-0.25, -0.2) is 9.59 Å². The molecule has 0 fully saturated rings. The van der Waals surface area contributed by atoms with E-state index in [2.05, 4.69) is 19.2 Å². The number of nitrogens with one attached hydrogen (secondary N) is 1. The molecule has 0 aliphatic heterocycles. The summed E-state index contributed by atoms with van der Waals surface area (Å²) in [5.74, 6) is -1.40. The van der Waals surface area contributed by atoms with E-state index in [-0.39, 0.29) is 38.6 Å². The predicted molar refractivity (Wildman–Crippen MR) is 220 cm³/mol. The van der Waals surface area contributed by atoms with Gasteiger partial charge in [-0.2, -0.15) is 0 Å². The second kappa shape index (κ2) is 34.0. The maximum Gasteiger partial charge on any atom is 0.332 e. The molecule has 1 amide bonds. The molecular formula is C46H73NO8. The quantitative estimate of drug-likeness (QED) is 0.0539. The summed E-state index contributed by atoms with van der Waals surface area (Å²) >= 11 is 0. The lowest BCUT2D eigenvalue weighted by Gasteiger charge is -2.21. The van der Waals surface area contributed by atoms with Gasteiger partial charge in [0.2, 0.25) is 5.91 Å². The number of ether oxygens (including phenoxy) is 5. The van der Waals surface area contributed by atoms with Gasteiger partial charge in [0.25, 0.3) is 0 Å². The van der Waals surface area contributed by atoms with Gasteiger partial charge in [-0.3, -0.25) is 4.79 Å². The smallest absolute Gasteiger partial charge is 0.332 e. The van der Waals surface area contributed by atoms with Crippen LogP contribution in [0.2, 0.25) is 0 Å². The molecule has 0 aliphatic rings. The Kier molecular flexibility index (Phi) is 29.6. The van der Waals surface area contributed by atoms with Gasteiger partial charge in [0.05, 0.1) is 32.8 Å². The normalized spacial score (nSPS) is 12.3. The van der Waals surface area contributed by atoms with Crippen LogP contribution in [-0.2, 0) is 51.1 Å². The van der Waals surface area contributed by atoms with E-state index < -0.39 is 24.1 Å².